The number of benzene rings is 2. The van der Waals surface area contributed by atoms with E-state index < -0.39 is 5.97 Å². The van der Waals surface area contributed by atoms with Crippen LogP contribution in [0.25, 0.3) is 22.4 Å². The summed E-state index contributed by atoms with van der Waals surface area (Å²) in [6.45, 7) is 11.2. The number of hydrogen-bond donors (Lipinski definition) is 1. The number of esters is 1. The Morgan fingerprint density at radius 3 is 1.91 bits per heavy atom. The Bertz CT molecular complexity index is 1150. The van der Waals surface area contributed by atoms with Gasteiger partial charge in [-0.15, -0.1) is 0 Å². The van der Waals surface area contributed by atoms with E-state index in [0.29, 0.717) is 16.8 Å². The minimum Gasteiger partial charge on any atom is -0.462 e. The van der Waals surface area contributed by atoms with Gasteiger partial charge in [-0.25, -0.2) is 4.79 Å². The van der Waals surface area contributed by atoms with Crippen LogP contribution < -0.4 is 4.90 Å². The SMILES string of the molecule is CCOC(=O)c1c[nH]c(-c2ccc(C(C)(C)C)cc2)c1-c1ccc(N(C(C)=O)C(C)=O)cc1. The minimum atomic E-state index is -0.417. The number of nitrogens with one attached hydrogen (secondary N) is 1. The van der Waals surface area contributed by atoms with Crippen molar-refractivity contribution in [3.05, 3.63) is 65.9 Å². The molecule has 3 aromatic rings. The molecule has 1 aromatic heterocycles. The molecular formula is C27H30N2O4. The quantitative estimate of drug-likeness (QED) is 0.508. The largest absolute Gasteiger partial charge is 0.462 e. The summed E-state index contributed by atoms with van der Waals surface area (Å²) in [5.74, 6) is -1.13. The van der Waals surface area contributed by atoms with Crippen LogP contribution in [0.4, 0.5) is 5.69 Å². The Kier molecular flexibility index (Phi) is 6.86. The van der Waals surface area contributed by atoms with Crippen LogP contribution in [0.5, 0.6) is 0 Å². The molecule has 0 fully saturated rings. The van der Waals surface area contributed by atoms with E-state index in [2.05, 4.69) is 37.9 Å². The second-order valence-electron chi connectivity index (χ2n) is 8.92. The van der Waals surface area contributed by atoms with Crippen LogP contribution in [0.1, 0.15) is 57.5 Å². The number of amides is 2. The molecule has 6 heteroatoms. The lowest BCUT2D eigenvalue weighted by atomic mass is 9.86. The first-order valence-corrected chi connectivity index (χ1v) is 11.0. The molecule has 0 bridgehead atoms. The maximum atomic E-state index is 12.7. The van der Waals surface area contributed by atoms with Crippen LogP contribution in [-0.4, -0.2) is 29.4 Å². The number of carbonyl (C=O) groups is 3. The monoisotopic (exact) mass is 446 g/mol. The molecule has 3 rings (SSSR count). The zero-order valence-electron chi connectivity index (χ0n) is 20.0. The van der Waals surface area contributed by atoms with Gasteiger partial charge in [-0.3, -0.25) is 14.5 Å². The zero-order chi connectivity index (χ0) is 24.3. The highest BCUT2D eigenvalue weighted by Gasteiger charge is 2.23. The van der Waals surface area contributed by atoms with Crippen molar-refractivity contribution in [3.63, 3.8) is 0 Å². The smallest absolute Gasteiger partial charge is 0.340 e. The van der Waals surface area contributed by atoms with Gasteiger partial charge in [0.25, 0.3) is 0 Å². The van der Waals surface area contributed by atoms with Gasteiger partial charge in [-0.05, 0) is 41.2 Å². The minimum absolute atomic E-state index is 0.0301. The standard InChI is InChI=1S/C27H30N2O4/c1-7-33-26(32)23-16-28-25(20-8-12-21(13-9-20)27(4,5)6)24(23)19-10-14-22(15-11-19)29(17(2)30)18(3)31/h8-16,28H,7H2,1-6H3. The number of carbonyl (C=O) groups excluding carboxylic acids is 3. The molecule has 0 saturated heterocycles. The van der Waals surface area contributed by atoms with Crippen molar-refractivity contribution in [1.82, 2.24) is 4.98 Å². The molecule has 1 N–H and O–H groups in total. The van der Waals surface area contributed by atoms with Crippen LogP contribution in [0.2, 0.25) is 0 Å². The zero-order valence-corrected chi connectivity index (χ0v) is 20.0. The van der Waals surface area contributed by atoms with E-state index in [-0.39, 0.29) is 23.8 Å². The fraction of sp³-hybridized carbons (Fsp3) is 0.296. The molecular weight excluding hydrogens is 416 g/mol. The maximum Gasteiger partial charge on any atom is 0.340 e. The van der Waals surface area contributed by atoms with Crippen LogP contribution in [0, 0.1) is 0 Å². The van der Waals surface area contributed by atoms with E-state index in [9.17, 15) is 14.4 Å². The Morgan fingerprint density at radius 1 is 0.879 bits per heavy atom. The third kappa shape index (κ3) is 5.06. The molecule has 0 spiro atoms. The lowest BCUT2D eigenvalue weighted by Crippen LogP contribution is -2.32. The summed E-state index contributed by atoms with van der Waals surface area (Å²) in [5.41, 5.74) is 5.35. The van der Waals surface area contributed by atoms with E-state index in [0.717, 1.165) is 21.7 Å². The molecule has 0 radical (unpaired) electrons. The molecule has 0 aliphatic carbocycles. The number of anilines is 1. The summed E-state index contributed by atoms with van der Waals surface area (Å²) in [6, 6.07) is 15.2. The van der Waals surface area contributed by atoms with Crippen molar-refractivity contribution in [1.29, 1.82) is 0 Å². The predicted molar refractivity (Wildman–Crippen MR) is 130 cm³/mol. The molecule has 33 heavy (non-hydrogen) atoms. The van der Waals surface area contributed by atoms with Gasteiger partial charge in [0.1, 0.15) is 0 Å². The molecule has 172 valence electrons. The number of imide groups is 1. The lowest BCUT2D eigenvalue weighted by molar-refractivity contribution is -0.124. The predicted octanol–water partition coefficient (Wildman–Crippen LogP) is 5.72. The molecule has 2 amide bonds. The molecule has 0 aliphatic heterocycles. The van der Waals surface area contributed by atoms with Crippen molar-refractivity contribution in [2.45, 2.75) is 47.0 Å². The van der Waals surface area contributed by atoms with Gasteiger partial charge in [0, 0.05) is 25.6 Å². The van der Waals surface area contributed by atoms with Crippen LogP contribution in [0.15, 0.2) is 54.7 Å². The highest BCUT2D eigenvalue weighted by molar-refractivity contribution is 6.13. The summed E-state index contributed by atoms with van der Waals surface area (Å²) in [6.07, 6.45) is 1.66. The van der Waals surface area contributed by atoms with Crippen molar-refractivity contribution in [3.8, 4) is 22.4 Å². The summed E-state index contributed by atoms with van der Waals surface area (Å²) >= 11 is 0. The average molecular weight is 447 g/mol. The third-order valence-electron chi connectivity index (χ3n) is 5.46. The summed E-state index contributed by atoms with van der Waals surface area (Å²) in [4.78, 5) is 40.8. The fourth-order valence-electron chi connectivity index (χ4n) is 3.82. The highest BCUT2D eigenvalue weighted by atomic mass is 16.5. The van der Waals surface area contributed by atoms with Gasteiger partial charge in [0.2, 0.25) is 11.8 Å². The van der Waals surface area contributed by atoms with Gasteiger partial charge < -0.3 is 9.72 Å². The number of aromatic nitrogens is 1. The topological polar surface area (TPSA) is 79.5 Å². The first-order valence-electron chi connectivity index (χ1n) is 11.0. The van der Waals surface area contributed by atoms with Crippen LogP contribution in [0.3, 0.4) is 0 Å². The van der Waals surface area contributed by atoms with E-state index in [1.807, 2.05) is 12.1 Å². The van der Waals surface area contributed by atoms with Gasteiger partial charge in [0.15, 0.2) is 0 Å². The first-order chi connectivity index (χ1) is 15.5. The third-order valence-corrected chi connectivity index (χ3v) is 5.46. The molecule has 1 heterocycles. The van der Waals surface area contributed by atoms with E-state index in [1.165, 1.54) is 19.4 Å². The normalized spacial score (nSPS) is 11.2. The van der Waals surface area contributed by atoms with Crippen molar-refractivity contribution in [2.24, 2.45) is 0 Å². The summed E-state index contributed by atoms with van der Waals surface area (Å²) in [7, 11) is 0. The second kappa shape index (κ2) is 9.45. The van der Waals surface area contributed by atoms with E-state index in [1.54, 1.807) is 37.4 Å². The van der Waals surface area contributed by atoms with E-state index in [4.69, 9.17) is 4.74 Å². The number of H-pyrrole nitrogens is 1. The van der Waals surface area contributed by atoms with E-state index >= 15 is 0 Å². The average Bonchev–Trinajstić information content (AvgIpc) is 3.19. The Labute approximate surface area is 194 Å². The molecule has 2 aromatic carbocycles. The number of ether oxygens (including phenoxy) is 1. The van der Waals surface area contributed by atoms with Crippen molar-refractivity contribution in [2.75, 3.05) is 11.5 Å². The molecule has 0 unspecified atom stereocenters. The lowest BCUT2D eigenvalue weighted by Gasteiger charge is -2.19. The number of hydrogen-bond acceptors (Lipinski definition) is 4. The number of rotatable bonds is 5. The van der Waals surface area contributed by atoms with Gasteiger partial charge in [-0.2, -0.15) is 0 Å². The summed E-state index contributed by atoms with van der Waals surface area (Å²) < 4.78 is 5.27. The van der Waals surface area contributed by atoms with Crippen LogP contribution in [-0.2, 0) is 19.7 Å². The molecule has 6 nitrogen and oxygen atoms in total. The van der Waals surface area contributed by atoms with Gasteiger partial charge in [-0.1, -0.05) is 57.2 Å². The summed E-state index contributed by atoms with van der Waals surface area (Å²) in [5, 5.41) is 0. The molecule has 0 atom stereocenters. The number of nitrogens with zero attached hydrogens (tertiary/aromatic N) is 1. The Hall–Kier alpha value is -3.67. The fourth-order valence-corrected chi connectivity index (χ4v) is 3.82. The molecule has 0 saturated carbocycles. The molecule has 0 aliphatic rings. The van der Waals surface area contributed by atoms with Crippen molar-refractivity contribution >= 4 is 23.5 Å². The highest BCUT2D eigenvalue weighted by Crippen LogP contribution is 2.37. The first kappa shape index (κ1) is 24.0. The Balaban J connectivity index is 2.11. The van der Waals surface area contributed by atoms with Crippen LogP contribution >= 0.6 is 0 Å². The second-order valence-corrected chi connectivity index (χ2v) is 8.92. The number of aromatic amines is 1. The van der Waals surface area contributed by atoms with Gasteiger partial charge in [0.05, 0.1) is 23.6 Å². The van der Waals surface area contributed by atoms with Gasteiger partial charge >= 0.3 is 5.97 Å². The maximum absolute atomic E-state index is 12.7. The Morgan fingerprint density at radius 2 is 1.42 bits per heavy atom. The van der Waals surface area contributed by atoms with Crippen molar-refractivity contribution < 1.29 is 19.1 Å².